The Bertz CT molecular complexity index is 468. The largest absolute Gasteiger partial charge is 0.393 e. The Labute approximate surface area is 185 Å². The Hall–Kier alpha value is -1.45. The molecule has 0 fully saturated rings. The highest BCUT2D eigenvalue weighted by molar-refractivity contribution is 5.86. The molecule has 0 aromatic heterocycles. The zero-order valence-corrected chi connectivity index (χ0v) is 19.8. The van der Waals surface area contributed by atoms with E-state index in [1.165, 1.54) is 57.8 Å². The highest BCUT2D eigenvalue weighted by Gasteiger charge is 2.25. The second-order valence-corrected chi connectivity index (χ2v) is 8.72. The summed E-state index contributed by atoms with van der Waals surface area (Å²) in [5, 5.41) is 0. The Balaban J connectivity index is 3.61. The average molecular weight is 423 g/mol. The normalized spacial score (nSPS) is 12.4. The van der Waals surface area contributed by atoms with Crippen LogP contribution in [-0.4, -0.2) is 18.2 Å². The van der Waals surface area contributed by atoms with Crippen LogP contribution >= 0.6 is 0 Å². The lowest BCUT2D eigenvalue weighted by molar-refractivity contribution is -0.163. The molecule has 174 valence electrons. The quantitative estimate of drug-likeness (QED) is 0.0676. The van der Waals surface area contributed by atoms with E-state index < -0.39 is 11.9 Å². The number of carbonyl (C=O) groups excluding carboxylic acids is 3. The van der Waals surface area contributed by atoms with Gasteiger partial charge in [-0.05, 0) is 44.4 Å². The van der Waals surface area contributed by atoms with E-state index in [0.717, 1.165) is 32.0 Å². The second-order valence-electron chi connectivity index (χ2n) is 8.72. The summed E-state index contributed by atoms with van der Waals surface area (Å²) in [7, 11) is 0. The smallest absolute Gasteiger partial charge is 0.316 e. The molecule has 0 heterocycles. The van der Waals surface area contributed by atoms with Gasteiger partial charge in [0.1, 0.15) is 6.29 Å². The second kappa shape index (κ2) is 20.8. The molecule has 0 aliphatic heterocycles. The van der Waals surface area contributed by atoms with Crippen LogP contribution < -0.4 is 0 Å². The number of hydrogen-bond acceptors (Lipinski definition) is 4. The Kier molecular flexibility index (Phi) is 19.8. The van der Waals surface area contributed by atoms with Crippen LogP contribution in [0.2, 0.25) is 0 Å². The molecule has 4 heteroatoms. The summed E-state index contributed by atoms with van der Waals surface area (Å²) in [5.41, 5.74) is 0. The molecule has 0 bridgehead atoms. The van der Waals surface area contributed by atoms with E-state index in [-0.39, 0.29) is 11.8 Å². The summed E-state index contributed by atoms with van der Waals surface area (Å²) in [5.74, 6) is -1.24. The van der Waals surface area contributed by atoms with E-state index in [1.54, 1.807) is 0 Å². The molecule has 0 aliphatic rings. The minimum Gasteiger partial charge on any atom is -0.393 e. The first-order valence-corrected chi connectivity index (χ1v) is 12.4. The van der Waals surface area contributed by atoms with Gasteiger partial charge in [0.2, 0.25) is 0 Å². The van der Waals surface area contributed by atoms with Crippen molar-refractivity contribution in [2.45, 2.75) is 124 Å². The molecule has 1 atom stereocenters. The van der Waals surface area contributed by atoms with Crippen molar-refractivity contribution >= 4 is 18.2 Å². The molecule has 0 amide bonds. The zero-order chi connectivity index (χ0) is 22.5. The van der Waals surface area contributed by atoms with Gasteiger partial charge in [-0.2, -0.15) is 0 Å². The van der Waals surface area contributed by atoms with Crippen molar-refractivity contribution < 1.29 is 19.1 Å². The number of esters is 2. The van der Waals surface area contributed by atoms with Gasteiger partial charge in [-0.1, -0.05) is 84.3 Å². The molecule has 0 aromatic rings. The van der Waals surface area contributed by atoms with Gasteiger partial charge < -0.3 is 9.53 Å². The maximum atomic E-state index is 12.1. The third kappa shape index (κ3) is 17.4. The highest BCUT2D eigenvalue weighted by Crippen LogP contribution is 2.19. The number of carbonyl (C=O) groups is 3. The van der Waals surface area contributed by atoms with Crippen molar-refractivity contribution in [2.75, 3.05) is 0 Å². The molecule has 0 spiro atoms. The first-order chi connectivity index (χ1) is 14.5. The molecule has 1 unspecified atom stereocenters. The maximum absolute atomic E-state index is 12.1. The van der Waals surface area contributed by atoms with Gasteiger partial charge in [-0.3, -0.25) is 9.59 Å². The van der Waals surface area contributed by atoms with Crippen LogP contribution in [0.4, 0.5) is 0 Å². The maximum Gasteiger partial charge on any atom is 0.316 e. The number of aldehydes is 1. The van der Waals surface area contributed by atoms with E-state index in [0.29, 0.717) is 19.3 Å². The molecule has 0 rings (SSSR count). The van der Waals surface area contributed by atoms with E-state index in [9.17, 15) is 14.4 Å². The Morgan fingerprint density at radius 3 is 1.83 bits per heavy atom. The molecule has 0 aliphatic carbocycles. The Morgan fingerprint density at radius 1 is 0.767 bits per heavy atom. The van der Waals surface area contributed by atoms with Gasteiger partial charge in [-0.15, -0.1) is 0 Å². The van der Waals surface area contributed by atoms with Crippen LogP contribution in [0.3, 0.4) is 0 Å². The van der Waals surface area contributed by atoms with Gasteiger partial charge in [-0.25, -0.2) is 0 Å². The van der Waals surface area contributed by atoms with Crippen molar-refractivity contribution in [3.05, 3.63) is 12.2 Å². The van der Waals surface area contributed by atoms with Gasteiger partial charge in [0.15, 0.2) is 0 Å². The minimum atomic E-state index is -0.482. The van der Waals surface area contributed by atoms with E-state index >= 15 is 0 Å². The molecule has 0 N–H and O–H groups in total. The summed E-state index contributed by atoms with van der Waals surface area (Å²) in [6, 6.07) is 0. The molecule has 0 saturated heterocycles. The first kappa shape index (κ1) is 28.5. The lowest BCUT2D eigenvalue weighted by Crippen LogP contribution is -2.25. The number of rotatable bonds is 20. The summed E-state index contributed by atoms with van der Waals surface area (Å²) in [6.07, 6.45) is 22.2. The number of hydrogen-bond donors (Lipinski definition) is 0. The predicted molar refractivity (Wildman–Crippen MR) is 124 cm³/mol. The third-order valence-electron chi connectivity index (χ3n) is 5.56. The average Bonchev–Trinajstić information content (AvgIpc) is 2.70. The molecule has 0 radical (unpaired) electrons. The van der Waals surface area contributed by atoms with Crippen molar-refractivity contribution in [1.29, 1.82) is 0 Å². The standard InChI is InChI=1S/C26H46O4/c1-4-5-6-7-8-9-10-11-12-13-14-15-16-17-18-21-25(28)30-26(29)24(23(2)3)20-19-22-27/h11-12,22-24H,4-10,13-21H2,1-3H3. The SMILES string of the molecule is CCCCCCCCC=CCCCCCCCC(=O)OC(=O)C(CCC=O)C(C)C. The molecule has 0 aromatic carbocycles. The lowest BCUT2D eigenvalue weighted by atomic mass is 9.91. The minimum absolute atomic E-state index is 0.0603. The molecule has 4 nitrogen and oxygen atoms in total. The van der Waals surface area contributed by atoms with E-state index in [2.05, 4.69) is 19.1 Å². The molecular weight excluding hydrogens is 376 g/mol. The first-order valence-electron chi connectivity index (χ1n) is 12.4. The zero-order valence-electron chi connectivity index (χ0n) is 19.8. The summed E-state index contributed by atoms with van der Waals surface area (Å²) < 4.78 is 4.99. The van der Waals surface area contributed by atoms with Crippen LogP contribution in [0.15, 0.2) is 12.2 Å². The van der Waals surface area contributed by atoms with Crippen LogP contribution in [0.5, 0.6) is 0 Å². The van der Waals surface area contributed by atoms with Crippen molar-refractivity contribution in [3.8, 4) is 0 Å². The summed E-state index contributed by atoms with van der Waals surface area (Å²) in [6.45, 7) is 6.07. The summed E-state index contributed by atoms with van der Waals surface area (Å²) >= 11 is 0. The van der Waals surface area contributed by atoms with Crippen LogP contribution in [-0.2, 0) is 19.1 Å². The fourth-order valence-electron chi connectivity index (χ4n) is 3.55. The third-order valence-corrected chi connectivity index (χ3v) is 5.56. The fraction of sp³-hybridized carbons (Fsp3) is 0.808. The van der Waals surface area contributed by atoms with E-state index in [1.807, 2.05) is 13.8 Å². The van der Waals surface area contributed by atoms with Gasteiger partial charge in [0.05, 0.1) is 5.92 Å². The molecular formula is C26H46O4. The monoisotopic (exact) mass is 422 g/mol. The lowest BCUT2D eigenvalue weighted by Gasteiger charge is -2.17. The van der Waals surface area contributed by atoms with Gasteiger partial charge >= 0.3 is 11.9 Å². The van der Waals surface area contributed by atoms with Crippen LogP contribution in [0.25, 0.3) is 0 Å². The highest BCUT2D eigenvalue weighted by atomic mass is 16.6. The van der Waals surface area contributed by atoms with Gasteiger partial charge in [0.25, 0.3) is 0 Å². The topological polar surface area (TPSA) is 60.4 Å². The van der Waals surface area contributed by atoms with E-state index in [4.69, 9.17) is 4.74 Å². The fourth-order valence-corrected chi connectivity index (χ4v) is 3.55. The predicted octanol–water partition coefficient (Wildman–Crippen LogP) is 7.35. The van der Waals surface area contributed by atoms with Crippen molar-refractivity contribution in [1.82, 2.24) is 0 Å². The molecule has 0 saturated carbocycles. The Morgan fingerprint density at radius 2 is 1.30 bits per heavy atom. The number of ether oxygens (including phenoxy) is 1. The number of allylic oxidation sites excluding steroid dienone is 2. The number of unbranched alkanes of at least 4 members (excludes halogenated alkanes) is 11. The van der Waals surface area contributed by atoms with Gasteiger partial charge in [0, 0.05) is 12.8 Å². The van der Waals surface area contributed by atoms with Crippen LogP contribution in [0.1, 0.15) is 124 Å². The van der Waals surface area contributed by atoms with Crippen molar-refractivity contribution in [2.24, 2.45) is 11.8 Å². The summed E-state index contributed by atoms with van der Waals surface area (Å²) in [4.78, 5) is 34.5. The van der Waals surface area contributed by atoms with Crippen molar-refractivity contribution in [3.63, 3.8) is 0 Å². The molecule has 30 heavy (non-hydrogen) atoms. The van der Waals surface area contributed by atoms with Crippen LogP contribution in [0, 0.1) is 11.8 Å².